The van der Waals surface area contributed by atoms with Gasteiger partial charge in [-0.05, 0) is 55.7 Å². The fourth-order valence-corrected chi connectivity index (χ4v) is 3.82. The number of primary amides is 1. The number of nitrogens with one attached hydrogen (secondary N) is 1. The van der Waals surface area contributed by atoms with Crippen LogP contribution in [0.15, 0.2) is 29.3 Å². The molecule has 142 valence electrons. The summed E-state index contributed by atoms with van der Waals surface area (Å²) in [5.41, 5.74) is 6.86. The lowest BCUT2D eigenvalue weighted by Gasteiger charge is -2.38. The van der Waals surface area contributed by atoms with Gasteiger partial charge >= 0.3 is 0 Å². The summed E-state index contributed by atoms with van der Waals surface area (Å²) in [6.07, 6.45) is 6.34. The molecule has 1 aromatic rings. The van der Waals surface area contributed by atoms with Crippen LogP contribution in [-0.4, -0.2) is 49.6 Å². The molecule has 1 heterocycles. The third-order valence-electron chi connectivity index (χ3n) is 5.45. The number of aliphatic imine (C=N–C) groups is 1. The van der Waals surface area contributed by atoms with Gasteiger partial charge in [-0.3, -0.25) is 9.79 Å². The molecule has 6 nitrogen and oxygen atoms in total. The first-order valence-electron chi connectivity index (χ1n) is 9.63. The quantitative estimate of drug-likeness (QED) is 0.577. The Morgan fingerprint density at radius 2 is 2.08 bits per heavy atom. The predicted molar refractivity (Wildman–Crippen MR) is 103 cm³/mol. The van der Waals surface area contributed by atoms with Gasteiger partial charge in [0.1, 0.15) is 5.75 Å². The van der Waals surface area contributed by atoms with Crippen LogP contribution in [0.2, 0.25) is 0 Å². The van der Waals surface area contributed by atoms with E-state index in [9.17, 15) is 4.79 Å². The molecule has 0 aromatic heterocycles. The molecule has 1 saturated heterocycles. The zero-order chi connectivity index (χ0) is 18.4. The molecular formula is C20H30N4O2. The Morgan fingerprint density at radius 3 is 2.65 bits per heavy atom. The topological polar surface area (TPSA) is 80.0 Å². The summed E-state index contributed by atoms with van der Waals surface area (Å²) in [6, 6.07) is 7.76. The standard InChI is InChI=1S/C20H30N4O2/c1-2-22-19(24-13-11-20(15-24)9-3-10-20)23-12-8-16-4-6-17(7-5-16)26-14-18(21)25/h4-7H,2-3,8-15H2,1H3,(H2,21,25)(H,22,23). The zero-order valence-corrected chi connectivity index (χ0v) is 15.7. The molecule has 0 unspecified atom stereocenters. The predicted octanol–water partition coefficient (Wildman–Crippen LogP) is 1.93. The number of rotatable bonds is 7. The number of amides is 1. The number of likely N-dealkylation sites (tertiary alicyclic amines) is 1. The third-order valence-corrected chi connectivity index (χ3v) is 5.45. The van der Waals surface area contributed by atoms with E-state index in [0.29, 0.717) is 11.2 Å². The average molecular weight is 358 g/mol. The number of carbonyl (C=O) groups is 1. The summed E-state index contributed by atoms with van der Waals surface area (Å²) in [4.78, 5) is 18.0. The van der Waals surface area contributed by atoms with Crippen molar-refractivity contribution in [1.82, 2.24) is 10.2 Å². The highest BCUT2D eigenvalue weighted by molar-refractivity contribution is 5.80. The number of benzene rings is 1. The number of hydrogen-bond donors (Lipinski definition) is 2. The second-order valence-electron chi connectivity index (χ2n) is 7.41. The van der Waals surface area contributed by atoms with Gasteiger partial charge in [0.15, 0.2) is 12.6 Å². The van der Waals surface area contributed by atoms with Crippen LogP contribution < -0.4 is 15.8 Å². The third kappa shape index (κ3) is 4.68. The van der Waals surface area contributed by atoms with Crippen LogP contribution in [0.3, 0.4) is 0 Å². The van der Waals surface area contributed by atoms with Gasteiger partial charge < -0.3 is 20.7 Å². The highest BCUT2D eigenvalue weighted by atomic mass is 16.5. The normalized spacial score (nSPS) is 18.7. The SMILES string of the molecule is CCNC(=NCCc1ccc(OCC(N)=O)cc1)N1CCC2(CCC2)C1. The summed E-state index contributed by atoms with van der Waals surface area (Å²) in [6.45, 7) is 5.96. The highest BCUT2D eigenvalue weighted by Crippen LogP contribution is 2.47. The molecule has 26 heavy (non-hydrogen) atoms. The monoisotopic (exact) mass is 358 g/mol. The van der Waals surface area contributed by atoms with E-state index in [0.717, 1.165) is 38.6 Å². The molecule has 0 radical (unpaired) electrons. The van der Waals surface area contributed by atoms with Gasteiger partial charge in [-0.1, -0.05) is 18.6 Å². The van der Waals surface area contributed by atoms with Crippen molar-refractivity contribution in [3.8, 4) is 5.75 Å². The Bertz CT molecular complexity index is 638. The highest BCUT2D eigenvalue weighted by Gasteiger charge is 2.43. The van der Waals surface area contributed by atoms with Crippen LogP contribution in [0.4, 0.5) is 0 Å². The van der Waals surface area contributed by atoms with Crippen molar-refractivity contribution in [2.24, 2.45) is 16.1 Å². The van der Waals surface area contributed by atoms with Crippen LogP contribution in [0.1, 0.15) is 38.2 Å². The lowest BCUT2D eigenvalue weighted by Crippen LogP contribution is -2.42. The second kappa shape index (κ2) is 8.43. The number of ether oxygens (including phenoxy) is 1. The van der Waals surface area contributed by atoms with E-state index in [1.54, 1.807) is 0 Å². The molecule has 3 N–H and O–H groups in total. The van der Waals surface area contributed by atoms with Crippen molar-refractivity contribution < 1.29 is 9.53 Å². The van der Waals surface area contributed by atoms with Crippen molar-refractivity contribution in [1.29, 1.82) is 0 Å². The summed E-state index contributed by atoms with van der Waals surface area (Å²) in [5.74, 6) is 1.25. The second-order valence-corrected chi connectivity index (χ2v) is 7.41. The van der Waals surface area contributed by atoms with E-state index in [1.165, 1.54) is 31.2 Å². The minimum Gasteiger partial charge on any atom is -0.484 e. The summed E-state index contributed by atoms with van der Waals surface area (Å²) in [7, 11) is 0. The largest absolute Gasteiger partial charge is 0.484 e. The van der Waals surface area contributed by atoms with E-state index in [-0.39, 0.29) is 6.61 Å². The molecule has 1 spiro atoms. The average Bonchev–Trinajstić information content (AvgIpc) is 3.06. The molecule has 0 atom stereocenters. The Kier molecular flexibility index (Phi) is 6.01. The van der Waals surface area contributed by atoms with Gasteiger partial charge in [0.25, 0.3) is 5.91 Å². The maximum atomic E-state index is 10.7. The van der Waals surface area contributed by atoms with Gasteiger partial charge in [0.05, 0.1) is 0 Å². The molecular weight excluding hydrogens is 328 g/mol. The van der Waals surface area contributed by atoms with Crippen LogP contribution in [0.5, 0.6) is 5.75 Å². The molecule has 3 rings (SSSR count). The number of hydrogen-bond acceptors (Lipinski definition) is 3. The molecule has 0 bridgehead atoms. The molecule has 1 aliphatic carbocycles. The number of carbonyl (C=O) groups excluding carboxylic acids is 1. The lowest BCUT2D eigenvalue weighted by atomic mass is 9.68. The number of guanidine groups is 1. The first kappa shape index (κ1) is 18.5. The van der Waals surface area contributed by atoms with E-state index >= 15 is 0 Å². The Labute approximate surface area is 155 Å². The summed E-state index contributed by atoms with van der Waals surface area (Å²) < 4.78 is 5.28. The van der Waals surface area contributed by atoms with Crippen molar-refractivity contribution in [3.63, 3.8) is 0 Å². The number of nitrogens with two attached hydrogens (primary N) is 1. The molecule has 1 aromatic carbocycles. The van der Waals surface area contributed by atoms with Crippen LogP contribution in [0, 0.1) is 5.41 Å². The van der Waals surface area contributed by atoms with E-state index < -0.39 is 5.91 Å². The summed E-state index contributed by atoms with van der Waals surface area (Å²) >= 11 is 0. The van der Waals surface area contributed by atoms with E-state index in [4.69, 9.17) is 15.5 Å². The van der Waals surface area contributed by atoms with Crippen molar-refractivity contribution in [2.75, 3.05) is 32.8 Å². The number of nitrogens with zero attached hydrogens (tertiary/aromatic N) is 2. The minimum atomic E-state index is -0.468. The molecule has 1 aliphatic heterocycles. The molecule has 1 amide bonds. The molecule has 2 fully saturated rings. The van der Waals surface area contributed by atoms with Gasteiger partial charge in [0, 0.05) is 26.2 Å². The fraction of sp³-hybridized carbons (Fsp3) is 0.600. The smallest absolute Gasteiger partial charge is 0.255 e. The lowest BCUT2D eigenvalue weighted by molar-refractivity contribution is -0.119. The Hall–Kier alpha value is -2.24. The maximum Gasteiger partial charge on any atom is 0.255 e. The van der Waals surface area contributed by atoms with Crippen LogP contribution in [-0.2, 0) is 11.2 Å². The van der Waals surface area contributed by atoms with Gasteiger partial charge in [-0.25, -0.2) is 0 Å². The maximum absolute atomic E-state index is 10.7. The van der Waals surface area contributed by atoms with Gasteiger partial charge in [-0.2, -0.15) is 0 Å². The van der Waals surface area contributed by atoms with E-state index in [2.05, 4.69) is 17.1 Å². The minimum absolute atomic E-state index is 0.0903. The Morgan fingerprint density at radius 1 is 1.31 bits per heavy atom. The van der Waals surface area contributed by atoms with Gasteiger partial charge in [0.2, 0.25) is 0 Å². The van der Waals surface area contributed by atoms with Gasteiger partial charge in [-0.15, -0.1) is 0 Å². The summed E-state index contributed by atoms with van der Waals surface area (Å²) in [5, 5.41) is 3.45. The van der Waals surface area contributed by atoms with Crippen LogP contribution >= 0.6 is 0 Å². The van der Waals surface area contributed by atoms with E-state index in [1.807, 2.05) is 24.3 Å². The zero-order valence-electron chi connectivity index (χ0n) is 15.7. The molecule has 6 heteroatoms. The fourth-order valence-electron chi connectivity index (χ4n) is 3.82. The van der Waals surface area contributed by atoms with Crippen molar-refractivity contribution in [2.45, 2.75) is 39.0 Å². The molecule has 2 aliphatic rings. The Balaban J connectivity index is 1.51. The van der Waals surface area contributed by atoms with Crippen LogP contribution in [0.25, 0.3) is 0 Å². The first-order chi connectivity index (χ1) is 12.6. The first-order valence-corrected chi connectivity index (χ1v) is 9.63. The van der Waals surface area contributed by atoms with Crippen molar-refractivity contribution >= 4 is 11.9 Å². The van der Waals surface area contributed by atoms with Crippen molar-refractivity contribution in [3.05, 3.63) is 29.8 Å². The molecule has 1 saturated carbocycles.